The number of hydrogen-bond acceptors (Lipinski definition) is 5. The first-order valence-electron chi connectivity index (χ1n) is 10.3. The van der Waals surface area contributed by atoms with Gasteiger partial charge in [-0.15, -0.1) is 0 Å². The van der Waals surface area contributed by atoms with Crippen molar-refractivity contribution >= 4 is 11.9 Å². The monoisotopic (exact) mass is 407 g/mol. The summed E-state index contributed by atoms with van der Waals surface area (Å²) < 4.78 is 19.9. The molecule has 29 heavy (non-hydrogen) atoms. The molecule has 1 aromatic rings. The molecule has 2 aliphatic heterocycles. The van der Waals surface area contributed by atoms with E-state index in [1.165, 1.54) is 29.9 Å². The third-order valence-electron chi connectivity index (χ3n) is 5.80. The van der Waals surface area contributed by atoms with Gasteiger partial charge in [0.1, 0.15) is 0 Å². The fourth-order valence-electron chi connectivity index (χ4n) is 3.96. The zero-order chi connectivity index (χ0) is 20.8. The summed E-state index contributed by atoms with van der Waals surface area (Å²) in [5.41, 5.74) is 0.307. The maximum absolute atomic E-state index is 14.3. The van der Waals surface area contributed by atoms with Crippen LogP contribution in [0.2, 0.25) is 0 Å². The summed E-state index contributed by atoms with van der Waals surface area (Å²) in [7, 11) is 0. The van der Waals surface area contributed by atoms with E-state index in [1.54, 1.807) is 6.07 Å². The third kappa shape index (κ3) is 5.90. The zero-order valence-corrected chi connectivity index (χ0v) is 17.0. The average molecular weight is 407 g/mol. The van der Waals surface area contributed by atoms with Gasteiger partial charge in [-0.25, -0.2) is 9.18 Å². The Morgan fingerprint density at radius 2 is 1.97 bits per heavy atom. The van der Waals surface area contributed by atoms with Gasteiger partial charge in [-0.2, -0.15) is 0 Å². The molecule has 3 rings (SSSR count). The Morgan fingerprint density at radius 1 is 1.21 bits per heavy atom. The second-order valence-corrected chi connectivity index (χ2v) is 7.84. The minimum Gasteiger partial charge on any atom is -0.490 e. The van der Waals surface area contributed by atoms with Gasteiger partial charge in [-0.05, 0) is 50.9 Å². The Morgan fingerprint density at radius 3 is 2.59 bits per heavy atom. The molecule has 1 aromatic carbocycles. The number of ketones is 1. The quantitative estimate of drug-likeness (QED) is 0.527. The number of carbonyl (C=O) groups is 2. The molecule has 0 bridgehead atoms. The van der Waals surface area contributed by atoms with E-state index in [2.05, 4.69) is 11.8 Å². The van der Waals surface area contributed by atoms with Gasteiger partial charge in [0.2, 0.25) is 0 Å². The van der Waals surface area contributed by atoms with E-state index in [4.69, 9.17) is 9.84 Å². The van der Waals surface area contributed by atoms with Gasteiger partial charge in [0.05, 0.1) is 13.2 Å². The maximum atomic E-state index is 14.3. The topological polar surface area (TPSA) is 73.3 Å². The molecule has 1 atom stereocenters. The summed E-state index contributed by atoms with van der Waals surface area (Å²) in [5, 5.41) is 8.97. The Labute approximate surface area is 171 Å². The number of amides is 1. The summed E-state index contributed by atoms with van der Waals surface area (Å²) in [6, 6.07) is 4.96. The highest BCUT2D eigenvalue weighted by atomic mass is 19.1. The molecule has 0 spiro atoms. The Bertz CT molecular complexity index is 722. The van der Waals surface area contributed by atoms with Crippen LogP contribution in [0, 0.1) is 5.82 Å². The van der Waals surface area contributed by atoms with E-state index in [0.717, 1.165) is 19.5 Å². The van der Waals surface area contributed by atoms with Gasteiger partial charge >= 0.3 is 6.09 Å². The SMILES string of the molecule is C[C@@H]1CCCN1CCCOc1ccc(C(=O)CN2CCN(C(=O)O)CC2)cc1F. The molecule has 8 heteroatoms. The number of carboxylic acid groups (broad SMARTS) is 1. The van der Waals surface area contributed by atoms with Crippen molar-refractivity contribution in [1.82, 2.24) is 14.7 Å². The summed E-state index contributed by atoms with van der Waals surface area (Å²) >= 11 is 0. The number of Topliss-reactive ketones (excluding diaryl/α,β-unsaturated/α-hetero) is 1. The molecule has 0 saturated carbocycles. The lowest BCUT2D eigenvalue weighted by Crippen LogP contribution is -2.49. The third-order valence-corrected chi connectivity index (χ3v) is 5.80. The molecular weight excluding hydrogens is 377 g/mol. The first-order chi connectivity index (χ1) is 13.9. The number of halogens is 1. The molecule has 1 amide bonds. The Hall–Kier alpha value is -2.19. The van der Waals surface area contributed by atoms with Crippen molar-refractivity contribution in [2.24, 2.45) is 0 Å². The Balaban J connectivity index is 1.43. The first-order valence-corrected chi connectivity index (χ1v) is 10.3. The summed E-state index contributed by atoms with van der Waals surface area (Å²) in [6.07, 6.45) is 2.37. The molecule has 7 nitrogen and oxygen atoms in total. The number of piperazine rings is 1. The number of rotatable bonds is 8. The lowest BCUT2D eigenvalue weighted by atomic mass is 10.1. The molecule has 0 aromatic heterocycles. The van der Waals surface area contributed by atoms with Gasteiger partial charge in [0.25, 0.3) is 0 Å². The number of nitrogens with zero attached hydrogens (tertiary/aromatic N) is 3. The van der Waals surface area contributed by atoms with Crippen LogP contribution in [0.1, 0.15) is 36.5 Å². The van der Waals surface area contributed by atoms with E-state index in [9.17, 15) is 14.0 Å². The second-order valence-electron chi connectivity index (χ2n) is 7.84. The van der Waals surface area contributed by atoms with Crippen molar-refractivity contribution in [2.45, 2.75) is 32.2 Å². The number of ether oxygens (including phenoxy) is 1. The lowest BCUT2D eigenvalue weighted by Gasteiger charge is -2.32. The highest BCUT2D eigenvalue weighted by Crippen LogP contribution is 2.20. The largest absolute Gasteiger partial charge is 0.490 e. The minimum absolute atomic E-state index is 0.154. The smallest absolute Gasteiger partial charge is 0.407 e. The van der Waals surface area contributed by atoms with E-state index in [1.807, 2.05) is 4.90 Å². The predicted molar refractivity (Wildman–Crippen MR) is 107 cm³/mol. The van der Waals surface area contributed by atoms with Crippen molar-refractivity contribution in [1.29, 1.82) is 0 Å². The van der Waals surface area contributed by atoms with Gasteiger partial charge in [0, 0.05) is 44.3 Å². The van der Waals surface area contributed by atoms with Crippen molar-refractivity contribution < 1.29 is 23.8 Å². The van der Waals surface area contributed by atoms with Crippen LogP contribution in [0.15, 0.2) is 18.2 Å². The zero-order valence-electron chi connectivity index (χ0n) is 17.0. The van der Waals surface area contributed by atoms with Crippen molar-refractivity contribution in [2.75, 3.05) is 52.4 Å². The van der Waals surface area contributed by atoms with Crippen LogP contribution < -0.4 is 4.74 Å². The van der Waals surface area contributed by atoms with Crippen LogP contribution in [0.5, 0.6) is 5.75 Å². The van der Waals surface area contributed by atoms with Crippen LogP contribution in [-0.4, -0.2) is 90.1 Å². The van der Waals surface area contributed by atoms with Crippen molar-refractivity contribution in [3.63, 3.8) is 0 Å². The summed E-state index contributed by atoms with van der Waals surface area (Å²) in [5.74, 6) is -0.533. The van der Waals surface area contributed by atoms with Crippen molar-refractivity contribution in [3.05, 3.63) is 29.6 Å². The van der Waals surface area contributed by atoms with Crippen LogP contribution in [0.25, 0.3) is 0 Å². The normalized spacial score (nSPS) is 20.8. The average Bonchev–Trinajstić information content (AvgIpc) is 3.11. The standard InChI is InChI=1S/C21H30FN3O4/c1-16-4-2-7-24(16)8-3-13-29-20-6-5-17(14-18(20)22)19(26)15-23-9-11-25(12-10-23)21(27)28/h5-6,14,16H,2-4,7-13,15H2,1H3,(H,27,28)/t16-/m1/s1. The number of hydrogen-bond donors (Lipinski definition) is 1. The number of likely N-dealkylation sites (tertiary alicyclic amines) is 1. The number of carbonyl (C=O) groups excluding carboxylic acids is 1. The molecule has 2 saturated heterocycles. The molecule has 2 aliphatic rings. The summed E-state index contributed by atoms with van der Waals surface area (Å²) in [4.78, 5) is 29.0. The van der Waals surface area contributed by atoms with E-state index in [0.29, 0.717) is 44.4 Å². The van der Waals surface area contributed by atoms with Gasteiger partial charge in [-0.3, -0.25) is 9.69 Å². The van der Waals surface area contributed by atoms with Gasteiger partial charge in [0.15, 0.2) is 17.3 Å². The highest BCUT2D eigenvalue weighted by Gasteiger charge is 2.23. The molecule has 0 aliphatic carbocycles. The van der Waals surface area contributed by atoms with E-state index < -0.39 is 11.9 Å². The van der Waals surface area contributed by atoms with Crippen molar-refractivity contribution in [3.8, 4) is 5.75 Å². The first kappa shape index (κ1) is 21.5. The van der Waals surface area contributed by atoms with Crippen LogP contribution >= 0.6 is 0 Å². The number of benzene rings is 1. The molecule has 0 radical (unpaired) electrons. The second kappa shape index (κ2) is 10.0. The minimum atomic E-state index is -0.941. The summed E-state index contributed by atoms with van der Waals surface area (Å²) in [6.45, 7) is 6.65. The van der Waals surface area contributed by atoms with Gasteiger partial charge < -0.3 is 19.6 Å². The van der Waals surface area contributed by atoms with E-state index >= 15 is 0 Å². The molecule has 1 N–H and O–H groups in total. The molecule has 2 heterocycles. The molecule has 2 fully saturated rings. The highest BCUT2D eigenvalue weighted by molar-refractivity contribution is 5.97. The predicted octanol–water partition coefficient (Wildman–Crippen LogP) is 2.56. The maximum Gasteiger partial charge on any atom is 0.407 e. The Kier molecular flexibility index (Phi) is 7.44. The van der Waals surface area contributed by atoms with Crippen LogP contribution in [0.3, 0.4) is 0 Å². The lowest BCUT2D eigenvalue weighted by molar-refractivity contribution is 0.0834. The van der Waals surface area contributed by atoms with Gasteiger partial charge in [-0.1, -0.05) is 0 Å². The van der Waals surface area contributed by atoms with E-state index in [-0.39, 0.29) is 18.1 Å². The molecule has 0 unspecified atom stereocenters. The van der Waals surface area contributed by atoms with Crippen LogP contribution in [0.4, 0.5) is 9.18 Å². The fraction of sp³-hybridized carbons (Fsp3) is 0.619. The fourth-order valence-corrected chi connectivity index (χ4v) is 3.96. The molecule has 160 valence electrons. The molecular formula is C21H30FN3O4. The van der Waals surface area contributed by atoms with Crippen LogP contribution in [-0.2, 0) is 0 Å².